The summed E-state index contributed by atoms with van der Waals surface area (Å²) < 4.78 is 30.1. The van der Waals surface area contributed by atoms with Gasteiger partial charge in [0.15, 0.2) is 0 Å². The zero-order valence-corrected chi connectivity index (χ0v) is 8.55. The van der Waals surface area contributed by atoms with Gasteiger partial charge in [-0.15, -0.1) is 6.58 Å². The molecule has 1 fully saturated rings. The molecule has 1 aliphatic rings. The Morgan fingerprint density at radius 3 is 2.60 bits per heavy atom. The van der Waals surface area contributed by atoms with Crippen LogP contribution in [0.4, 0.5) is 13.6 Å². The van der Waals surface area contributed by atoms with Crippen LogP contribution in [-0.2, 0) is 4.74 Å². The number of alkyl halides is 2. The van der Waals surface area contributed by atoms with Gasteiger partial charge in [0, 0.05) is 13.1 Å². The number of amides is 1. The summed E-state index contributed by atoms with van der Waals surface area (Å²) in [5.74, 6) is 0. The van der Waals surface area contributed by atoms with Crippen LogP contribution in [0.25, 0.3) is 0 Å². The standard InChI is InChI=1S/C10H15F2NO2/c1-2-3-6-10(11,12)15-9(14)13-7-4-5-8-13/h2H,1,3-8H2. The SMILES string of the molecule is C=CCCC(F)(F)OC(=O)N1CCCC1. The lowest BCUT2D eigenvalue weighted by Crippen LogP contribution is -2.35. The molecular weight excluding hydrogens is 204 g/mol. The first-order valence-corrected chi connectivity index (χ1v) is 5.02. The second-order valence-corrected chi connectivity index (χ2v) is 3.53. The van der Waals surface area contributed by atoms with Crippen molar-refractivity contribution in [3.63, 3.8) is 0 Å². The molecule has 0 N–H and O–H groups in total. The number of ether oxygens (including phenoxy) is 1. The molecule has 0 aromatic heterocycles. The minimum Gasteiger partial charge on any atom is -0.384 e. The maximum atomic E-state index is 13.0. The topological polar surface area (TPSA) is 29.5 Å². The minimum atomic E-state index is -3.38. The van der Waals surface area contributed by atoms with Crippen molar-refractivity contribution in [3.8, 4) is 0 Å². The molecule has 0 spiro atoms. The van der Waals surface area contributed by atoms with Crippen molar-refractivity contribution in [1.29, 1.82) is 0 Å². The average molecular weight is 219 g/mol. The third-order valence-electron chi connectivity index (χ3n) is 2.24. The van der Waals surface area contributed by atoms with Crippen LogP contribution in [0.1, 0.15) is 25.7 Å². The Balaban J connectivity index is 2.37. The number of allylic oxidation sites excluding steroid dienone is 1. The van der Waals surface area contributed by atoms with Gasteiger partial charge in [-0.05, 0) is 19.3 Å². The van der Waals surface area contributed by atoms with Gasteiger partial charge in [-0.2, -0.15) is 8.78 Å². The quantitative estimate of drug-likeness (QED) is 0.680. The highest BCUT2D eigenvalue weighted by atomic mass is 19.3. The summed E-state index contributed by atoms with van der Waals surface area (Å²) >= 11 is 0. The summed E-state index contributed by atoms with van der Waals surface area (Å²) in [6.07, 6.45) is -1.59. The lowest BCUT2D eigenvalue weighted by Gasteiger charge is -2.20. The molecule has 86 valence electrons. The highest BCUT2D eigenvalue weighted by Gasteiger charge is 2.35. The van der Waals surface area contributed by atoms with Gasteiger partial charge >= 0.3 is 12.2 Å². The lowest BCUT2D eigenvalue weighted by molar-refractivity contribution is -0.206. The van der Waals surface area contributed by atoms with Gasteiger partial charge < -0.3 is 9.64 Å². The number of rotatable bonds is 4. The van der Waals surface area contributed by atoms with Gasteiger partial charge in [-0.3, -0.25) is 0 Å². The Morgan fingerprint density at radius 1 is 1.47 bits per heavy atom. The van der Waals surface area contributed by atoms with Crippen LogP contribution in [0.3, 0.4) is 0 Å². The third kappa shape index (κ3) is 3.85. The van der Waals surface area contributed by atoms with Gasteiger partial charge in [0.1, 0.15) is 0 Å². The fourth-order valence-corrected chi connectivity index (χ4v) is 1.41. The van der Waals surface area contributed by atoms with Gasteiger partial charge in [0.05, 0.1) is 6.42 Å². The average Bonchev–Trinajstić information content (AvgIpc) is 2.67. The molecule has 0 saturated carbocycles. The molecule has 3 nitrogen and oxygen atoms in total. The summed E-state index contributed by atoms with van der Waals surface area (Å²) in [4.78, 5) is 12.5. The molecule has 0 aromatic carbocycles. The maximum absolute atomic E-state index is 13.0. The number of hydrogen-bond acceptors (Lipinski definition) is 2. The molecule has 1 rings (SSSR count). The van der Waals surface area contributed by atoms with E-state index in [1.807, 2.05) is 0 Å². The molecule has 0 aromatic rings. The van der Waals surface area contributed by atoms with Crippen molar-refractivity contribution >= 4 is 6.09 Å². The van der Waals surface area contributed by atoms with Crippen LogP contribution in [0.5, 0.6) is 0 Å². The van der Waals surface area contributed by atoms with E-state index in [1.165, 1.54) is 11.0 Å². The maximum Gasteiger partial charge on any atom is 0.414 e. The first kappa shape index (κ1) is 11.9. The van der Waals surface area contributed by atoms with E-state index in [0.29, 0.717) is 13.1 Å². The van der Waals surface area contributed by atoms with Crippen molar-refractivity contribution in [1.82, 2.24) is 4.90 Å². The number of hydrogen-bond donors (Lipinski definition) is 0. The molecule has 1 amide bonds. The van der Waals surface area contributed by atoms with Crippen LogP contribution in [0.15, 0.2) is 12.7 Å². The first-order chi connectivity index (χ1) is 7.05. The Bertz CT molecular complexity index is 238. The molecule has 0 unspecified atom stereocenters. The van der Waals surface area contributed by atoms with E-state index < -0.39 is 18.6 Å². The van der Waals surface area contributed by atoms with Gasteiger partial charge in [-0.25, -0.2) is 4.79 Å². The summed E-state index contributed by atoms with van der Waals surface area (Å²) in [7, 11) is 0. The first-order valence-electron chi connectivity index (χ1n) is 5.02. The second-order valence-electron chi connectivity index (χ2n) is 3.53. The fraction of sp³-hybridized carbons (Fsp3) is 0.700. The van der Waals surface area contributed by atoms with Gasteiger partial charge in [0.25, 0.3) is 0 Å². The zero-order valence-electron chi connectivity index (χ0n) is 8.55. The molecule has 0 aliphatic carbocycles. The van der Waals surface area contributed by atoms with Crippen LogP contribution >= 0.6 is 0 Å². The highest BCUT2D eigenvalue weighted by Crippen LogP contribution is 2.24. The summed E-state index contributed by atoms with van der Waals surface area (Å²) in [5, 5.41) is 0. The highest BCUT2D eigenvalue weighted by molar-refractivity contribution is 5.68. The Hall–Kier alpha value is -1.13. The number of halogens is 2. The monoisotopic (exact) mass is 219 g/mol. The van der Waals surface area contributed by atoms with E-state index in [1.54, 1.807) is 0 Å². The van der Waals surface area contributed by atoms with Crippen molar-refractivity contribution in [2.75, 3.05) is 13.1 Å². The van der Waals surface area contributed by atoms with Crippen LogP contribution in [-0.4, -0.2) is 30.2 Å². The number of carbonyl (C=O) groups is 1. The van der Waals surface area contributed by atoms with Crippen molar-refractivity contribution in [3.05, 3.63) is 12.7 Å². The molecule has 1 aliphatic heterocycles. The minimum absolute atomic E-state index is 0.125. The molecule has 1 heterocycles. The summed E-state index contributed by atoms with van der Waals surface area (Å²) in [6, 6.07) is 0. The molecule has 1 saturated heterocycles. The zero-order chi connectivity index (χ0) is 11.3. The van der Waals surface area contributed by atoms with E-state index in [2.05, 4.69) is 11.3 Å². The van der Waals surface area contributed by atoms with Crippen molar-refractivity contribution < 1.29 is 18.3 Å². The number of likely N-dealkylation sites (tertiary alicyclic amines) is 1. The Morgan fingerprint density at radius 2 is 2.07 bits per heavy atom. The largest absolute Gasteiger partial charge is 0.414 e. The predicted molar refractivity (Wildman–Crippen MR) is 51.7 cm³/mol. The van der Waals surface area contributed by atoms with Gasteiger partial charge in [0.2, 0.25) is 0 Å². The van der Waals surface area contributed by atoms with Crippen molar-refractivity contribution in [2.45, 2.75) is 31.8 Å². The van der Waals surface area contributed by atoms with E-state index >= 15 is 0 Å². The Labute approximate surface area is 87.7 Å². The summed E-state index contributed by atoms with van der Waals surface area (Å²) in [6.45, 7) is 4.36. The number of nitrogens with zero attached hydrogens (tertiary/aromatic N) is 1. The molecule has 0 bridgehead atoms. The van der Waals surface area contributed by atoms with E-state index in [0.717, 1.165) is 12.8 Å². The van der Waals surface area contributed by atoms with Crippen LogP contribution in [0.2, 0.25) is 0 Å². The molecule has 5 heteroatoms. The fourth-order valence-electron chi connectivity index (χ4n) is 1.41. The predicted octanol–water partition coefficient (Wildman–Crippen LogP) is 2.78. The van der Waals surface area contributed by atoms with Gasteiger partial charge in [-0.1, -0.05) is 6.08 Å². The van der Waals surface area contributed by atoms with Crippen molar-refractivity contribution in [2.24, 2.45) is 0 Å². The Kier molecular flexibility index (Phi) is 4.05. The molecule has 0 radical (unpaired) electrons. The second kappa shape index (κ2) is 5.09. The molecular formula is C10H15F2NO2. The van der Waals surface area contributed by atoms with E-state index in [9.17, 15) is 13.6 Å². The molecule has 0 atom stereocenters. The summed E-state index contributed by atoms with van der Waals surface area (Å²) in [5.41, 5.74) is 0. The van der Waals surface area contributed by atoms with E-state index in [-0.39, 0.29) is 6.42 Å². The smallest absolute Gasteiger partial charge is 0.384 e. The van der Waals surface area contributed by atoms with E-state index in [4.69, 9.17) is 0 Å². The lowest BCUT2D eigenvalue weighted by atomic mass is 10.3. The number of carbonyl (C=O) groups excluding carboxylic acids is 1. The normalized spacial score (nSPS) is 16.5. The van der Waals surface area contributed by atoms with Crippen LogP contribution in [0, 0.1) is 0 Å². The third-order valence-corrected chi connectivity index (χ3v) is 2.24. The van der Waals surface area contributed by atoms with Crippen LogP contribution < -0.4 is 0 Å². The molecule has 15 heavy (non-hydrogen) atoms.